The SMILES string of the molecule is NCc1ccc(C(=O)Nc2ncnc3c2ncn3[C@H]2CC(O)[C@@H](CO)O2)cc1. The van der Waals surface area contributed by atoms with Gasteiger partial charge in [0.15, 0.2) is 17.0 Å². The van der Waals surface area contributed by atoms with Crippen LogP contribution in [0, 0.1) is 0 Å². The normalized spacial score (nSPS) is 21.9. The Morgan fingerprint density at radius 3 is 2.75 bits per heavy atom. The number of carbonyl (C=O) groups is 1. The van der Waals surface area contributed by atoms with Gasteiger partial charge in [0.1, 0.15) is 18.7 Å². The number of nitrogens with one attached hydrogen (secondary N) is 1. The Morgan fingerprint density at radius 2 is 2.07 bits per heavy atom. The Balaban J connectivity index is 1.59. The Bertz CT molecular complexity index is 989. The summed E-state index contributed by atoms with van der Waals surface area (Å²) in [7, 11) is 0. The van der Waals surface area contributed by atoms with Crippen molar-refractivity contribution < 1.29 is 19.7 Å². The Morgan fingerprint density at radius 1 is 1.29 bits per heavy atom. The van der Waals surface area contributed by atoms with Crippen LogP contribution in [0.3, 0.4) is 0 Å². The number of aliphatic hydroxyl groups is 2. The molecule has 1 unspecified atom stereocenters. The molecule has 0 aliphatic carbocycles. The van der Waals surface area contributed by atoms with E-state index >= 15 is 0 Å². The monoisotopic (exact) mass is 384 g/mol. The number of anilines is 1. The first kappa shape index (κ1) is 18.4. The third-order valence-corrected chi connectivity index (χ3v) is 4.74. The van der Waals surface area contributed by atoms with E-state index < -0.39 is 18.4 Å². The molecule has 10 heteroatoms. The quantitative estimate of drug-likeness (QED) is 0.487. The number of aromatic nitrogens is 4. The highest BCUT2D eigenvalue weighted by Crippen LogP contribution is 2.31. The molecule has 146 valence electrons. The Hall–Kier alpha value is -2.92. The van der Waals surface area contributed by atoms with Gasteiger partial charge in [0, 0.05) is 18.5 Å². The van der Waals surface area contributed by atoms with Gasteiger partial charge in [0.05, 0.1) is 19.0 Å². The highest BCUT2D eigenvalue weighted by atomic mass is 16.5. The van der Waals surface area contributed by atoms with Crippen molar-refractivity contribution >= 4 is 22.9 Å². The minimum absolute atomic E-state index is 0.272. The maximum Gasteiger partial charge on any atom is 0.256 e. The lowest BCUT2D eigenvalue weighted by atomic mass is 10.1. The molecule has 1 aromatic carbocycles. The minimum atomic E-state index is -0.773. The second-order valence-corrected chi connectivity index (χ2v) is 6.52. The molecule has 1 aliphatic rings. The number of amides is 1. The van der Waals surface area contributed by atoms with E-state index in [0.717, 1.165) is 5.56 Å². The molecule has 3 atom stereocenters. The number of nitrogens with two attached hydrogens (primary N) is 1. The number of fused-ring (bicyclic) bond motifs is 1. The Kier molecular flexibility index (Phi) is 5.01. The van der Waals surface area contributed by atoms with Gasteiger partial charge in [-0.25, -0.2) is 15.0 Å². The fourth-order valence-electron chi connectivity index (χ4n) is 3.18. The van der Waals surface area contributed by atoms with Gasteiger partial charge in [-0.1, -0.05) is 12.1 Å². The first-order valence-corrected chi connectivity index (χ1v) is 8.83. The maximum atomic E-state index is 12.5. The standard InChI is InChI=1S/C18H20N6O4/c19-6-10-1-3-11(4-2-10)18(27)23-16-15-17(21-8-20-16)24(9-22-15)14-5-12(26)13(7-25)28-14/h1-4,8-9,12-14,25-26H,5-7,19H2,(H,20,21,23,27)/t12?,13-,14-/m1/s1. The zero-order valence-electron chi connectivity index (χ0n) is 14.9. The fourth-order valence-corrected chi connectivity index (χ4v) is 3.18. The molecular formula is C18H20N6O4. The predicted molar refractivity (Wildman–Crippen MR) is 99.2 cm³/mol. The number of imidazole rings is 1. The van der Waals surface area contributed by atoms with Crippen LogP contribution >= 0.6 is 0 Å². The third-order valence-electron chi connectivity index (χ3n) is 4.74. The van der Waals surface area contributed by atoms with Crippen LogP contribution in [0.2, 0.25) is 0 Å². The number of hydrogen-bond acceptors (Lipinski definition) is 8. The summed E-state index contributed by atoms with van der Waals surface area (Å²) in [6.45, 7) is 0.129. The smallest absolute Gasteiger partial charge is 0.256 e. The first-order chi connectivity index (χ1) is 13.6. The van der Waals surface area contributed by atoms with E-state index in [4.69, 9.17) is 10.5 Å². The number of carbonyl (C=O) groups excluding carboxylic acids is 1. The van der Waals surface area contributed by atoms with Crippen LogP contribution in [0.4, 0.5) is 5.82 Å². The maximum absolute atomic E-state index is 12.5. The molecule has 28 heavy (non-hydrogen) atoms. The molecule has 0 spiro atoms. The van der Waals surface area contributed by atoms with Crippen LogP contribution in [0.1, 0.15) is 28.6 Å². The van der Waals surface area contributed by atoms with Gasteiger partial charge in [0.25, 0.3) is 5.91 Å². The second-order valence-electron chi connectivity index (χ2n) is 6.52. The molecule has 0 saturated carbocycles. The Labute approximate surface area is 160 Å². The summed E-state index contributed by atoms with van der Waals surface area (Å²) in [5.74, 6) is -0.0556. The molecule has 10 nitrogen and oxygen atoms in total. The predicted octanol–water partition coefficient (Wildman–Crippen LogP) is 0.178. The topological polar surface area (TPSA) is 148 Å². The summed E-state index contributed by atoms with van der Waals surface area (Å²) in [6, 6.07) is 6.97. The largest absolute Gasteiger partial charge is 0.394 e. The van der Waals surface area contributed by atoms with E-state index in [2.05, 4.69) is 20.3 Å². The number of hydrogen-bond donors (Lipinski definition) is 4. The molecule has 4 rings (SSSR count). The molecule has 3 aromatic rings. The molecule has 1 saturated heterocycles. The van der Waals surface area contributed by atoms with Crippen LogP contribution in [0.5, 0.6) is 0 Å². The minimum Gasteiger partial charge on any atom is -0.394 e. The van der Waals surface area contributed by atoms with E-state index in [0.29, 0.717) is 29.7 Å². The van der Waals surface area contributed by atoms with Crippen LogP contribution in [0.15, 0.2) is 36.9 Å². The van der Waals surface area contributed by atoms with Crippen molar-refractivity contribution in [2.75, 3.05) is 11.9 Å². The van der Waals surface area contributed by atoms with Gasteiger partial charge in [-0.05, 0) is 17.7 Å². The van der Waals surface area contributed by atoms with Crippen molar-refractivity contribution in [1.82, 2.24) is 19.5 Å². The van der Waals surface area contributed by atoms with Crippen molar-refractivity contribution in [3.05, 3.63) is 48.0 Å². The van der Waals surface area contributed by atoms with Crippen molar-refractivity contribution in [3.8, 4) is 0 Å². The van der Waals surface area contributed by atoms with Crippen LogP contribution in [-0.2, 0) is 11.3 Å². The molecule has 3 heterocycles. The van der Waals surface area contributed by atoms with Crippen LogP contribution in [0.25, 0.3) is 11.2 Å². The van der Waals surface area contributed by atoms with Crippen LogP contribution < -0.4 is 11.1 Å². The van der Waals surface area contributed by atoms with E-state index in [9.17, 15) is 15.0 Å². The highest BCUT2D eigenvalue weighted by Gasteiger charge is 2.35. The van der Waals surface area contributed by atoms with Crippen molar-refractivity contribution in [2.24, 2.45) is 5.73 Å². The van der Waals surface area contributed by atoms with Gasteiger partial charge >= 0.3 is 0 Å². The van der Waals surface area contributed by atoms with E-state index in [1.54, 1.807) is 28.8 Å². The summed E-state index contributed by atoms with van der Waals surface area (Å²) in [6.07, 6.45) is 1.20. The van der Waals surface area contributed by atoms with Gasteiger partial charge in [0.2, 0.25) is 0 Å². The first-order valence-electron chi connectivity index (χ1n) is 8.83. The zero-order chi connectivity index (χ0) is 19.7. The van der Waals surface area contributed by atoms with Gasteiger partial charge in [-0.2, -0.15) is 0 Å². The second kappa shape index (κ2) is 7.60. The summed E-state index contributed by atoms with van der Waals surface area (Å²) in [5.41, 5.74) is 7.83. The lowest BCUT2D eigenvalue weighted by molar-refractivity contribution is -0.0432. The third kappa shape index (κ3) is 3.34. The number of ether oxygens (including phenoxy) is 1. The summed E-state index contributed by atoms with van der Waals surface area (Å²) in [5, 5.41) is 22.0. The van der Waals surface area contributed by atoms with E-state index in [1.807, 2.05) is 0 Å². The number of nitrogens with zero attached hydrogens (tertiary/aromatic N) is 4. The lowest BCUT2D eigenvalue weighted by Gasteiger charge is -2.13. The summed E-state index contributed by atoms with van der Waals surface area (Å²) in [4.78, 5) is 25.2. The van der Waals surface area contributed by atoms with Crippen molar-refractivity contribution in [2.45, 2.75) is 31.4 Å². The molecule has 1 fully saturated rings. The van der Waals surface area contributed by atoms with Gasteiger partial charge < -0.3 is 26.0 Å². The molecule has 5 N–H and O–H groups in total. The fraction of sp³-hybridized carbons (Fsp3) is 0.333. The average molecular weight is 384 g/mol. The van der Waals surface area contributed by atoms with Crippen molar-refractivity contribution in [3.63, 3.8) is 0 Å². The molecule has 0 radical (unpaired) electrons. The molecule has 0 bridgehead atoms. The summed E-state index contributed by atoms with van der Waals surface area (Å²) < 4.78 is 7.31. The molecule has 1 amide bonds. The zero-order valence-corrected chi connectivity index (χ0v) is 14.9. The number of aliphatic hydroxyl groups excluding tert-OH is 2. The number of rotatable bonds is 5. The van der Waals surface area contributed by atoms with Gasteiger partial charge in [-0.15, -0.1) is 0 Å². The van der Waals surface area contributed by atoms with E-state index in [1.165, 1.54) is 12.7 Å². The van der Waals surface area contributed by atoms with Crippen molar-refractivity contribution in [1.29, 1.82) is 0 Å². The van der Waals surface area contributed by atoms with Crippen LogP contribution in [-0.4, -0.2) is 54.5 Å². The average Bonchev–Trinajstić information content (AvgIpc) is 3.31. The molecular weight excluding hydrogens is 364 g/mol. The van der Waals surface area contributed by atoms with Gasteiger partial charge in [-0.3, -0.25) is 9.36 Å². The summed E-state index contributed by atoms with van der Waals surface area (Å²) >= 11 is 0. The van der Waals surface area contributed by atoms with E-state index in [-0.39, 0.29) is 18.3 Å². The number of benzene rings is 1. The molecule has 2 aromatic heterocycles. The molecule has 1 aliphatic heterocycles. The highest BCUT2D eigenvalue weighted by molar-refractivity contribution is 6.06. The lowest BCUT2D eigenvalue weighted by Crippen LogP contribution is -2.24.